The average Bonchev–Trinajstić information content (AvgIpc) is 3.24. The Kier molecular flexibility index (Phi) is 6.32. The smallest absolute Gasteiger partial charge is 0.324 e. The lowest BCUT2D eigenvalue weighted by atomic mass is 10.1. The molecule has 0 atom stereocenters. The van der Waals surface area contributed by atoms with Gasteiger partial charge in [-0.3, -0.25) is 4.90 Å². The zero-order valence-electron chi connectivity index (χ0n) is 18.2. The van der Waals surface area contributed by atoms with Crippen LogP contribution >= 0.6 is 0 Å². The van der Waals surface area contributed by atoms with Crippen molar-refractivity contribution in [3.63, 3.8) is 0 Å². The molecule has 0 unspecified atom stereocenters. The molecule has 174 valence electrons. The number of halogens is 1. The Hall–Kier alpha value is -3.47. The predicted molar refractivity (Wildman–Crippen MR) is 119 cm³/mol. The summed E-state index contributed by atoms with van der Waals surface area (Å²) >= 11 is 0. The lowest BCUT2D eigenvalue weighted by molar-refractivity contribution is 0.208. The van der Waals surface area contributed by atoms with Crippen molar-refractivity contribution >= 4 is 21.6 Å². The van der Waals surface area contributed by atoms with Crippen molar-refractivity contribution in [3.8, 4) is 17.2 Å². The van der Waals surface area contributed by atoms with Crippen LogP contribution in [0.15, 0.2) is 46.9 Å². The van der Waals surface area contributed by atoms with Crippen LogP contribution in [0.3, 0.4) is 0 Å². The zero-order valence-corrected chi connectivity index (χ0v) is 19.0. The number of amides is 2. The van der Waals surface area contributed by atoms with E-state index in [0.717, 1.165) is 0 Å². The lowest BCUT2D eigenvalue weighted by Gasteiger charge is -2.33. The molecule has 0 bridgehead atoms. The highest BCUT2D eigenvalue weighted by molar-refractivity contribution is 7.91. The minimum absolute atomic E-state index is 0.0522. The molecule has 1 saturated heterocycles. The number of nitrogens with zero attached hydrogens (tertiary/aromatic N) is 4. The molecular weight excluding hydrogens is 451 g/mol. The summed E-state index contributed by atoms with van der Waals surface area (Å²) in [4.78, 5) is 16.2. The Morgan fingerprint density at radius 2 is 1.85 bits per heavy atom. The van der Waals surface area contributed by atoms with E-state index in [1.165, 1.54) is 23.0 Å². The highest BCUT2D eigenvalue weighted by Crippen LogP contribution is 2.26. The quantitative estimate of drug-likeness (QED) is 0.560. The minimum atomic E-state index is -3.15. The first-order valence-corrected chi connectivity index (χ1v) is 12.1. The maximum Gasteiger partial charge on any atom is 0.324 e. The van der Waals surface area contributed by atoms with Crippen LogP contribution in [-0.2, 0) is 16.4 Å². The molecule has 2 amide bonds. The molecule has 0 aliphatic carbocycles. The van der Waals surface area contributed by atoms with Crippen LogP contribution in [-0.4, -0.2) is 61.3 Å². The van der Waals surface area contributed by atoms with E-state index < -0.39 is 21.7 Å². The van der Waals surface area contributed by atoms with Gasteiger partial charge in [0.05, 0.1) is 25.2 Å². The summed E-state index contributed by atoms with van der Waals surface area (Å²) in [5, 5.41) is 7.65. The molecule has 1 fully saturated rings. The SMILES string of the molecule is COc1ccc(N(Cc2ccc(-c3nnc(C)o3)cc2F)C(=O)N2CCS(=O)(=O)CC2)cc1. The normalized spacial score (nSPS) is 15.3. The summed E-state index contributed by atoms with van der Waals surface area (Å²) < 4.78 is 49.1. The number of hydrogen-bond acceptors (Lipinski definition) is 7. The molecule has 2 aromatic carbocycles. The first kappa shape index (κ1) is 22.7. The maximum atomic E-state index is 15.0. The number of sulfone groups is 1. The molecule has 0 radical (unpaired) electrons. The molecule has 1 aliphatic heterocycles. The maximum absolute atomic E-state index is 15.0. The summed E-state index contributed by atoms with van der Waals surface area (Å²) in [5.74, 6) is 0.463. The fourth-order valence-corrected chi connectivity index (χ4v) is 4.70. The third-order valence-electron chi connectivity index (χ3n) is 5.38. The molecule has 3 aromatic rings. The van der Waals surface area contributed by atoms with Crippen LogP contribution in [0.5, 0.6) is 5.75 Å². The fraction of sp³-hybridized carbons (Fsp3) is 0.318. The number of anilines is 1. The number of rotatable bonds is 5. The van der Waals surface area contributed by atoms with Crippen molar-refractivity contribution < 1.29 is 26.8 Å². The molecule has 4 rings (SSSR count). The minimum Gasteiger partial charge on any atom is -0.497 e. The van der Waals surface area contributed by atoms with E-state index in [1.54, 1.807) is 43.3 Å². The third kappa shape index (κ3) is 5.14. The van der Waals surface area contributed by atoms with Gasteiger partial charge in [0.2, 0.25) is 11.8 Å². The number of urea groups is 1. The van der Waals surface area contributed by atoms with E-state index in [-0.39, 0.29) is 42.6 Å². The van der Waals surface area contributed by atoms with Crippen molar-refractivity contribution in [2.45, 2.75) is 13.5 Å². The number of methoxy groups -OCH3 is 1. The van der Waals surface area contributed by atoms with Crippen LogP contribution in [0, 0.1) is 12.7 Å². The van der Waals surface area contributed by atoms with Crippen molar-refractivity contribution in [1.29, 1.82) is 0 Å². The number of carbonyl (C=O) groups excluding carboxylic acids is 1. The number of carbonyl (C=O) groups is 1. The summed E-state index contributed by atoms with van der Waals surface area (Å²) in [7, 11) is -1.62. The molecule has 9 nitrogen and oxygen atoms in total. The summed E-state index contributed by atoms with van der Waals surface area (Å²) in [5.41, 5.74) is 1.24. The monoisotopic (exact) mass is 474 g/mol. The van der Waals surface area contributed by atoms with E-state index in [4.69, 9.17) is 9.15 Å². The average molecular weight is 475 g/mol. The standard InChI is InChI=1S/C22H23FN4O5S/c1-15-24-25-21(32-15)16-3-4-17(20(23)13-16)14-27(18-5-7-19(31-2)8-6-18)22(28)26-9-11-33(29,30)12-10-26/h3-8,13H,9-12,14H2,1-2H3. The lowest BCUT2D eigenvalue weighted by Crippen LogP contribution is -2.49. The van der Waals surface area contributed by atoms with Crippen molar-refractivity contribution in [2.75, 3.05) is 36.6 Å². The molecule has 0 spiro atoms. The van der Waals surface area contributed by atoms with E-state index in [1.807, 2.05) is 0 Å². The van der Waals surface area contributed by atoms with Gasteiger partial charge in [-0.15, -0.1) is 10.2 Å². The molecular formula is C22H23FN4O5S. The highest BCUT2D eigenvalue weighted by Gasteiger charge is 2.29. The highest BCUT2D eigenvalue weighted by atomic mass is 32.2. The van der Waals surface area contributed by atoms with Crippen LogP contribution < -0.4 is 9.64 Å². The topological polar surface area (TPSA) is 106 Å². The molecule has 11 heteroatoms. The van der Waals surface area contributed by atoms with Crippen molar-refractivity contribution in [2.24, 2.45) is 0 Å². The second kappa shape index (κ2) is 9.18. The van der Waals surface area contributed by atoms with Crippen LogP contribution in [0.1, 0.15) is 11.5 Å². The van der Waals surface area contributed by atoms with Gasteiger partial charge in [0.15, 0.2) is 9.84 Å². The van der Waals surface area contributed by atoms with Crippen molar-refractivity contribution in [1.82, 2.24) is 15.1 Å². The molecule has 2 heterocycles. The Labute approximate surface area is 190 Å². The second-order valence-corrected chi connectivity index (χ2v) is 9.94. The van der Waals surface area contributed by atoms with E-state index in [0.29, 0.717) is 22.9 Å². The Bertz CT molecular complexity index is 1250. The summed E-state index contributed by atoms with van der Waals surface area (Å²) in [6.07, 6.45) is 0. The Morgan fingerprint density at radius 1 is 1.15 bits per heavy atom. The van der Waals surface area contributed by atoms with Gasteiger partial charge in [0.1, 0.15) is 11.6 Å². The molecule has 1 aromatic heterocycles. The van der Waals surface area contributed by atoms with Gasteiger partial charge in [-0.05, 0) is 36.4 Å². The van der Waals surface area contributed by atoms with E-state index >= 15 is 4.39 Å². The van der Waals surface area contributed by atoms with Gasteiger partial charge in [-0.25, -0.2) is 17.6 Å². The second-order valence-electron chi connectivity index (χ2n) is 7.64. The summed E-state index contributed by atoms with van der Waals surface area (Å²) in [6, 6.07) is 10.9. The molecule has 1 aliphatic rings. The number of hydrogen-bond donors (Lipinski definition) is 0. The van der Waals surface area contributed by atoms with Gasteiger partial charge in [-0.1, -0.05) is 6.07 Å². The number of aryl methyl sites for hydroxylation is 1. The van der Waals surface area contributed by atoms with Crippen LogP contribution in [0.25, 0.3) is 11.5 Å². The van der Waals surface area contributed by atoms with E-state index in [2.05, 4.69) is 10.2 Å². The van der Waals surface area contributed by atoms with E-state index in [9.17, 15) is 13.2 Å². The molecule has 0 saturated carbocycles. The zero-order chi connectivity index (χ0) is 23.6. The number of benzene rings is 2. The van der Waals surface area contributed by atoms with Gasteiger partial charge >= 0.3 is 6.03 Å². The predicted octanol–water partition coefficient (Wildman–Crippen LogP) is 3.05. The van der Waals surface area contributed by atoms with Crippen LogP contribution in [0.4, 0.5) is 14.9 Å². The molecule has 0 N–H and O–H groups in total. The number of aromatic nitrogens is 2. The number of ether oxygens (including phenoxy) is 1. The third-order valence-corrected chi connectivity index (χ3v) is 6.99. The van der Waals surface area contributed by atoms with Gasteiger partial charge < -0.3 is 14.1 Å². The van der Waals surface area contributed by atoms with Gasteiger partial charge in [0, 0.05) is 36.8 Å². The fourth-order valence-electron chi connectivity index (χ4n) is 3.50. The Morgan fingerprint density at radius 3 is 2.42 bits per heavy atom. The van der Waals surface area contributed by atoms with Crippen molar-refractivity contribution in [3.05, 3.63) is 59.7 Å². The first-order chi connectivity index (χ1) is 15.8. The molecule has 33 heavy (non-hydrogen) atoms. The summed E-state index contributed by atoms with van der Waals surface area (Å²) in [6.45, 7) is 1.77. The van der Waals surface area contributed by atoms with Gasteiger partial charge in [0.25, 0.3) is 0 Å². The van der Waals surface area contributed by atoms with Crippen LogP contribution in [0.2, 0.25) is 0 Å². The Balaban J connectivity index is 1.62. The largest absolute Gasteiger partial charge is 0.497 e. The first-order valence-electron chi connectivity index (χ1n) is 10.3. The van der Waals surface area contributed by atoms with Gasteiger partial charge in [-0.2, -0.15) is 0 Å².